The molecule has 9 heteroatoms. The smallest absolute Gasteiger partial charge is 0.245 e. The number of carbonyl (C=O) groups excluding carboxylic acids is 1. The van der Waals surface area contributed by atoms with E-state index in [1.807, 2.05) is 30.3 Å². The number of anilines is 1. The normalized spacial score (nSPS) is 12.4. The van der Waals surface area contributed by atoms with E-state index in [0.29, 0.717) is 5.69 Å². The van der Waals surface area contributed by atoms with Crippen LogP contribution in [0.2, 0.25) is 0 Å². The van der Waals surface area contributed by atoms with Gasteiger partial charge in [-0.2, -0.15) is 0 Å². The van der Waals surface area contributed by atoms with Gasteiger partial charge in [-0.05, 0) is 36.0 Å². The summed E-state index contributed by atoms with van der Waals surface area (Å²) in [5.74, 6) is -0.477. The zero-order chi connectivity index (χ0) is 19.9. The monoisotopic (exact) mass is 443 g/mol. The summed E-state index contributed by atoms with van der Waals surface area (Å²) in [6.45, 7) is 0. The van der Waals surface area contributed by atoms with Crippen molar-refractivity contribution in [2.75, 3.05) is 5.32 Å². The number of phenols is 1. The Labute approximate surface area is 177 Å². The van der Waals surface area contributed by atoms with Crippen LogP contribution in [-0.4, -0.2) is 26.1 Å². The van der Waals surface area contributed by atoms with E-state index < -0.39 is 15.9 Å². The summed E-state index contributed by atoms with van der Waals surface area (Å²) in [4.78, 5) is 12.1. The molecule has 1 unspecified atom stereocenters. The second kappa shape index (κ2) is 9.80. The predicted octanol–water partition coefficient (Wildman–Crippen LogP) is 4.20. The number of alkyl halides is 3. The van der Waals surface area contributed by atoms with Crippen molar-refractivity contribution in [3.05, 3.63) is 66.2 Å². The van der Waals surface area contributed by atoms with Gasteiger partial charge in [0.15, 0.2) is 5.11 Å². The third-order valence-corrected chi connectivity index (χ3v) is 4.14. The molecule has 27 heavy (non-hydrogen) atoms. The second-order valence-electron chi connectivity index (χ2n) is 5.34. The van der Waals surface area contributed by atoms with E-state index in [2.05, 4.69) is 16.0 Å². The van der Waals surface area contributed by atoms with Gasteiger partial charge in [-0.1, -0.05) is 77.3 Å². The maximum atomic E-state index is 12.1. The van der Waals surface area contributed by atoms with Crippen LogP contribution in [0.25, 0.3) is 6.08 Å². The first-order chi connectivity index (χ1) is 12.8. The standard InChI is InChI=1S/C18H16Cl3N3O2S/c19-18(20,21)16(23-15(26)11-10-12-6-2-1-3-7-12)24-17(27)22-13-8-4-5-9-14(13)25/h1-11,16,25H,(H,23,26)(H2,22,24,27)/b11-10+. The highest BCUT2D eigenvalue weighted by atomic mass is 35.6. The van der Waals surface area contributed by atoms with E-state index in [9.17, 15) is 9.90 Å². The minimum Gasteiger partial charge on any atom is -0.506 e. The number of rotatable bonds is 5. The molecular weight excluding hydrogens is 429 g/mol. The van der Waals surface area contributed by atoms with E-state index in [4.69, 9.17) is 47.0 Å². The van der Waals surface area contributed by atoms with Crippen molar-refractivity contribution in [2.45, 2.75) is 9.96 Å². The number of carbonyl (C=O) groups is 1. The van der Waals surface area contributed by atoms with Crippen molar-refractivity contribution in [3.63, 3.8) is 0 Å². The molecule has 0 radical (unpaired) electrons. The Hall–Kier alpha value is -1.99. The van der Waals surface area contributed by atoms with E-state index in [1.54, 1.807) is 24.3 Å². The van der Waals surface area contributed by atoms with Gasteiger partial charge in [0.1, 0.15) is 11.9 Å². The highest BCUT2D eigenvalue weighted by molar-refractivity contribution is 7.80. The molecule has 1 amide bonds. The first kappa shape index (κ1) is 21.3. The molecule has 0 aliphatic rings. The van der Waals surface area contributed by atoms with Crippen molar-refractivity contribution in [1.29, 1.82) is 0 Å². The summed E-state index contributed by atoms with van der Waals surface area (Å²) in [6, 6.07) is 15.8. The van der Waals surface area contributed by atoms with Crippen LogP contribution in [0.5, 0.6) is 5.75 Å². The van der Waals surface area contributed by atoms with Gasteiger partial charge in [0.25, 0.3) is 0 Å². The van der Waals surface area contributed by atoms with Gasteiger partial charge in [-0.15, -0.1) is 0 Å². The molecule has 2 aromatic rings. The highest BCUT2D eigenvalue weighted by Gasteiger charge is 2.34. The molecule has 0 saturated carbocycles. The Morgan fingerprint density at radius 1 is 1.04 bits per heavy atom. The van der Waals surface area contributed by atoms with E-state index in [-0.39, 0.29) is 10.9 Å². The molecule has 0 heterocycles. The number of thiocarbonyl (C=S) groups is 1. The van der Waals surface area contributed by atoms with Crippen LogP contribution in [0.4, 0.5) is 5.69 Å². The van der Waals surface area contributed by atoms with Gasteiger partial charge in [-0.25, -0.2) is 0 Å². The van der Waals surface area contributed by atoms with Crippen molar-refractivity contribution in [3.8, 4) is 5.75 Å². The molecule has 142 valence electrons. The number of hydrogen-bond acceptors (Lipinski definition) is 3. The summed E-state index contributed by atoms with van der Waals surface area (Å²) < 4.78 is -1.87. The molecule has 1 atom stereocenters. The predicted molar refractivity (Wildman–Crippen MR) is 115 cm³/mol. The quantitative estimate of drug-likeness (QED) is 0.183. The van der Waals surface area contributed by atoms with Gasteiger partial charge in [0, 0.05) is 6.08 Å². The average Bonchev–Trinajstić information content (AvgIpc) is 2.61. The Morgan fingerprint density at radius 2 is 1.67 bits per heavy atom. The van der Waals surface area contributed by atoms with Crippen LogP contribution in [0.15, 0.2) is 60.7 Å². The SMILES string of the molecule is O=C(/C=C/c1ccccc1)NC(NC(=S)Nc1ccccc1O)C(Cl)(Cl)Cl. The maximum absolute atomic E-state index is 12.1. The molecule has 0 aromatic heterocycles. The number of phenolic OH excluding ortho intramolecular Hbond substituents is 1. The molecule has 0 spiro atoms. The molecular formula is C18H16Cl3N3O2S. The molecule has 2 rings (SSSR count). The van der Waals surface area contributed by atoms with Crippen LogP contribution in [0, 0.1) is 0 Å². The Kier molecular flexibility index (Phi) is 7.74. The molecule has 0 fully saturated rings. The largest absolute Gasteiger partial charge is 0.506 e. The topological polar surface area (TPSA) is 73.4 Å². The van der Waals surface area contributed by atoms with Crippen molar-refractivity contribution >= 4 is 69.8 Å². The van der Waals surface area contributed by atoms with Crippen molar-refractivity contribution < 1.29 is 9.90 Å². The van der Waals surface area contributed by atoms with Crippen LogP contribution in [0.3, 0.4) is 0 Å². The molecule has 0 saturated heterocycles. The lowest BCUT2D eigenvalue weighted by Crippen LogP contribution is -2.55. The van der Waals surface area contributed by atoms with Crippen LogP contribution in [-0.2, 0) is 4.79 Å². The van der Waals surface area contributed by atoms with Crippen molar-refractivity contribution in [1.82, 2.24) is 10.6 Å². The fourth-order valence-electron chi connectivity index (χ4n) is 2.00. The number of benzene rings is 2. The number of halogens is 3. The Bertz CT molecular complexity index is 826. The number of nitrogens with one attached hydrogen (secondary N) is 3. The average molecular weight is 445 g/mol. The third-order valence-electron chi connectivity index (χ3n) is 3.27. The summed E-state index contributed by atoms with van der Waals surface area (Å²) in [5, 5.41) is 17.8. The second-order valence-corrected chi connectivity index (χ2v) is 8.12. The summed E-state index contributed by atoms with van der Waals surface area (Å²) in [6.07, 6.45) is 1.84. The maximum Gasteiger partial charge on any atom is 0.245 e. The summed E-state index contributed by atoms with van der Waals surface area (Å²) >= 11 is 23.0. The van der Waals surface area contributed by atoms with Crippen molar-refractivity contribution in [2.24, 2.45) is 0 Å². The molecule has 4 N–H and O–H groups in total. The van der Waals surface area contributed by atoms with Gasteiger partial charge < -0.3 is 21.1 Å². The van der Waals surface area contributed by atoms with Crippen LogP contribution < -0.4 is 16.0 Å². The van der Waals surface area contributed by atoms with E-state index in [0.717, 1.165) is 5.56 Å². The zero-order valence-corrected chi connectivity index (χ0v) is 16.9. The first-order valence-electron chi connectivity index (χ1n) is 7.71. The first-order valence-corrected chi connectivity index (χ1v) is 9.26. The van der Waals surface area contributed by atoms with Crippen LogP contribution in [0.1, 0.15) is 5.56 Å². The fourth-order valence-corrected chi connectivity index (χ4v) is 2.55. The van der Waals surface area contributed by atoms with Gasteiger partial charge in [-0.3, -0.25) is 4.79 Å². The van der Waals surface area contributed by atoms with Gasteiger partial charge >= 0.3 is 0 Å². The number of para-hydroxylation sites is 2. The minimum atomic E-state index is -1.87. The number of aromatic hydroxyl groups is 1. The molecule has 0 aliphatic carbocycles. The molecule has 0 aliphatic heterocycles. The summed E-state index contributed by atoms with van der Waals surface area (Å²) in [5.41, 5.74) is 1.22. The lowest BCUT2D eigenvalue weighted by Gasteiger charge is -2.27. The van der Waals surface area contributed by atoms with Gasteiger partial charge in [0.05, 0.1) is 5.69 Å². The van der Waals surface area contributed by atoms with E-state index >= 15 is 0 Å². The molecule has 5 nitrogen and oxygen atoms in total. The summed E-state index contributed by atoms with van der Waals surface area (Å²) in [7, 11) is 0. The number of hydrogen-bond donors (Lipinski definition) is 4. The lowest BCUT2D eigenvalue weighted by molar-refractivity contribution is -0.117. The zero-order valence-electron chi connectivity index (χ0n) is 13.8. The number of amides is 1. The van der Waals surface area contributed by atoms with E-state index in [1.165, 1.54) is 12.1 Å². The Balaban J connectivity index is 2.00. The Morgan fingerprint density at radius 3 is 2.30 bits per heavy atom. The highest BCUT2D eigenvalue weighted by Crippen LogP contribution is 2.29. The van der Waals surface area contributed by atoms with Crippen LogP contribution >= 0.6 is 47.0 Å². The lowest BCUT2D eigenvalue weighted by atomic mass is 10.2. The third kappa shape index (κ3) is 7.27. The van der Waals surface area contributed by atoms with Gasteiger partial charge in [0.2, 0.25) is 9.70 Å². The molecule has 2 aromatic carbocycles. The minimum absolute atomic E-state index is 0.00177. The molecule has 0 bridgehead atoms. The fraction of sp³-hybridized carbons (Fsp3) is 0.111.